The van der Waals surface area contributed by atoms with Crippen molar-refractivity contribution in [2.45, 2.75) is 20.3 Å². The van der Waals surface area contributed by atoms with Gasteiger partial charge < -0.3 is 5.32 Å². The van der Waals surface area contributed by atoms with E-state index in [0.29, 0.717) is 0 Å². The summed E-state index contributed by atoms with van der Waals surface area (Å²) in [4.78, 5) is 0. The molecular weight excluding hydrogens is 470 g/mol. The molecule has 5 rings (SSSR count). The Bertz CT molecular complexity index is 1690. The molecular formula is C38H35N. The van der Waals surface area contributed by atoms with Gasteiger partial charge in [0.25, 0.3) is 0 Å². The van der Waals surface area contributed by atoms with Crippen LogP contribution in [0.5, 0.6) is 0 Å². The summed E-state index contributed by atoms with van der Waals surface area (Å²) >= 11 is 0. The molecule has 0 bridgehead atoms. The first kappa shape index (κ1) is 26.0. The second-order valence-corrected chi connectivity index (χ2v) is 9.90. The maximum atomic E-state index is 4.33. The Kier molecular flexibility index (Phi) is 7.34. The highest BCUT2D eigenvalue weighted by molar-refractivity contribution is 6.12. The molecule has 1 aliphatic heterocycles. The fourth-order valence-electron chi connectivity index (χ4n) is 5.70. The Morgan fingerprint density at radius 1 is 0.769 bits per heavy atom. The highest BCUT2D eigenvalue weighted by Gasteiger charge is 2.21. The molecule has 0 spiro atoms. The van der Waals surface area contributed by atoms with Gasteiger partial charge in [0.1, 0.15) is 0 Å². The maximum Gasteiger partial charge on any atom is 0.0336 e. The summed E-state index contributed by atoms with van der Waals surface area (Å²) in [7, 11) is 0. The first-order chi connectivity index (χ1) is 19.0. The van der Waals surface area contributed by atoms with E-state index in [-0.39, 0.29) is 0 Å². The molecule has 0 aromatic heterocycles. The molecule has 0 atom stereocenters. The molecule has 1 aliphatic rings. The van der Waals surface area contributed by atoms with Crippen molar-refractivity contribution in [3.05, 3.63) is 139 Å². The van der Waals surface area contributed by atoms with E-state index in [9.17, 15) is 0 Å². The van der Waals surface area contributed by atoms with Crippen LogP contribution < -0.4 is 5.32 Å². The van der Waals surface area contributed by atoms with E-state index in [1.54, 1.807) is 0 Å². The summed E-state index contributed by atoms with van der Waals surface area (Å²) in [5.74, 6) is 0. The van der Waals surface area contributed by atoms with Crippen LogP contribution >= 0.6 is 0 Å². The van der Waals surface area contributed by atoms with Crippen molar-refractivity contribution >= 4 is 40.1 Å². The lowest BCUT2D eigenvalue weighted by Gasteiger charge is -2.22. The molecule has 0 fully saturated rings. The zero-order chi connectivity index (χ0) is 27.5. The molecule has 0 amide bonds. The van der Waals surface area contributed by atoms with Gasteiger partial charge in [0.05, 0.1) is 0 Å². The third-order valence-corrected chi connectivity index (χ3v) is 7.67. The van der Waals surface area contributed by atoms with E-state index < -0.39 is 0 Å². The molecule has 0 saturated carbocycles. The third kappa shape index (κ3) is 4.62. The van der Waals surface area contributed by atoms with Crippen molar-refractivity contribution in [3.8, 4) is 22.3 Å². The van der Waals surface area contributed by atoms with Crippen LogP contribution in [-0.2, 0) is 0 Å². The molecule has 1 heteroatoms. The second-order valence-electron chi connectivity index (χ2n) is 9.90. The van der Waals surface area contributed by atoms with Crippen molar-refractivity contribution in [3.63, 3.8) is 0 Å². The van der Waals surface area contributed by atoms with Crippen LogP contribution in [-0.4, -0.2) is 6.54 Å². The minimum atomic E-state index is 0.855. The highest BCUT2D eigenvalue weighted by atomic mass is 14.9. The molecule has 0 aliphatic carbocycles. The molecule has 1 heterocycles. The number of hydrogen-bond donors (Lipinski definition) is 1. The third-order valence-electron chi connectivity index (χ3n) is 7.67. The zero-order valence-electron chi connectivity index (χ0n) is 23.0. The van der Waals surface area contributed by atoms with Gasteiger partial charge in [0.15, 0.2) is 0 Å². The molecule has 1 nitrogen and oxygen atoms in total. The van der Waals surface area contributed by atoms with Gasteiger partial charge in [-0.1, -0.05) is 124 Å². The lowest BCUT2D eigenvalue weighted by molar-refractivity contribution is 0.895. The number of hydrogen-bond acceptors (Lipinski definition) is 1. The van der Waals surface area contributed by atoms with E-state index in [0.717, 1.165) is 57.5 Å². The van der Waals surface area contributed by atoms with Gasteiger partial charge in [0.2, 0.25) is 0 Å². The Hall–Kier alpha value is -4.62. The molecule has 0 radical (unpaired) electrons. The van der Waals surface area contributed by atoms with Gasteiger partial charge in [-0.05, 0) is 91.4 Å². The van der Waals surface area contributed by atoms with Crippen LogP contribution in [0.4, 0.5) is 0 Å². The fourth-order valence-corrected chi connectivity index (χ4v) is 5.70. The average Bonchev–Trinajstić information content (AvgIpc) is 2.99. The lowest BCUT2D eigenvalue weighted by Crippen LogP contribution is -2.14. The predicted octanol–water partition coefficient (Wildman–Crippen LogP) is 10.4. The normalized spacial score (nSPS) is 12.8. The Morgan fingerprint density at radius 3 is 2.00 bits per heavy atom. The summed E-state index contributed by atoms with van der Waals surface area (Å²) in [5, 5.41) is 5.73. The number of fused-ring (bicyclic) bond motifs is 1. The molecule has 192 valence electrons. The Balaban J connectivity index is 1.79. The summed E-state index contributed by atoms with van der Waals surface area (Å²) in [6.07, 6.45) is 11.2. The van der Waals surface area contributed by atoms with Crippen LogP contribution in [0.3, 0.4) is 0 Å². The van der Waals surface area contributed by atoms with Gasteiger partial charge in [-0.3, -0.25) is 0 Å². The van der Waals surface area contributed by atoms with Crippen LogP contribution in [0.2, 0.25) is 0 Å². The Labute approximate surface area is 232 Å². The van der Waals surface area contributed by atoms with Crippen LogP contribution in [0.1, 0.15) is 48.1 Å². The smallest absolute Gasteiger partial charge is 0.0336 e. The highest BCUT2D eigenvalue weighted by Crippen LogP contribution is 2.45. The summed E-state index contributed by atoms with van der Waals surface area (Å²) in [5.41, 5.74) is 13.8. The van der Waals surface area contributed by atoms with E-state index in [4.69, 9.17) is 0 Å². The van der Waals surface area contributed by atoms with Crippen LogP contribution in [0, 0.1) is 0 Å². The van der Waals surface area contributed by atoms with Crippen molar-refractivity contribution < 1.29 is 0 Å². The largest absolute Gasteiger partial charge is 0.385 e. The first-order valence-corrected chi connectivity index (χ1v) is 13.5. The van der Waals surface area contributed by atoms with E-state index >= 15 is 0 Å². The minimum Gasteiger partial charge on any atom is -0.385 e. The molecule has 0 saturated heterocycles. The maximum absolute atomic E-state index is 4.33. The monoisotopic (exact) mass is 505 g/mol. The predicted molar refractivity (Wildman–Crippen MR) is 174 cm³/mol. The van der Waals surface area contributed by atoms with Crippen LogP contribution in [0.15, 0.2) is 111 Å². The van der Waals surface area contributed by atoms with Crippen molar-refractivity contribution in [1.29, 1.82) is 0 Å². The minimum absolute atomic E-state index is 0.855. The van der Waals surface area contributed by atoms with Crippen molar-refractivity contribution in [1.82, 2.24) is 5.32 Å². The average molecular weight is 506 g/mol. The van der Waals surface area contributed by atoms with E-state index in [1.807, 2.05) is 18.2 Å². The first-order valence-electron chi connectivity index (χ1n) is 13.5. The number of rotatable bonds is 8. The SMILES string of the molecule is C=Cc1c(C(=C)CC)cccc1-c1c(C=C)c(C=C)c(-c2ccc(C3=CCNC(C)=C3)cc2)c2ccccc12. The van der Waals surface area contributed by atoms with Crippen molar-refractivity contribution in [2.75, 3.05) is 6.54 Å². The Morgan fingerprint density at radius 2 is 1.38 bits per heavy atom. The molecule has 39 heavy (non-hydrogen) atoms. The number of dihydropyridines is 1. The molecule has 4 aromatic rings. The fraction of sp³-hybridized carbons (Fsp3) is 0.105. The number of benzene rings is 4. The van der Waals surface area contributed by atoms with Gasteiger partial charge >= 0.3 is 0 Å². The standard InChI is InChI=1S/C38H35N/c1-7-25(5)33-16-13-17-34(30(33)8-2)38-32(10-4)31(9-3)37(35-14-11-12-15-36(35)38)28-20-18-27(19-21-28)29-22-23-39-26(6)24-29/h8-22,24,39H,2-5,7,23H2,1,6H3. The van der Waals surface area contributed by atoms with E-state index in [2.05, 4.69) is 124 Å². The van der Waals surface area contributed by atoms with Crippen molar-refractivity contribution in [2.24, 2.45) is 0 Å². The number of nitrogens with one attached hydrogen (secondary N) is 1. The summed E-state index contributed by atoms with van der Waals surface area (Å²) < 4.78 is 0. The molecule has 1 N–H and O–H groups in total. The number of allylic oxidation sites excluding steroid dienone is 4. The van der Waals surface area contributed by atoms with Crippen LogP contribution in [0.25, 0.3) is 62.4 Å². The zero-order valence-corrected chi connectivity index (χ0v) is 23.0. The lowest BCUT2D eigenvalue weighted by atomic mass is 9.81. The van der Waals surface area contributed by atoms with E-state index in [1.165, 1.54) is 33.2 Å². The van der Waals surface area contributed by atoms with Gasteiger partial charge in [-0.15, -0.1) is 0 Å². The summed E-state index contributed by atoms with van der Waals surface area (Å²) in [6.45, 7) is 22.1. The second kappa shape index (κ2) is 11.0. The summed E-state index contributed by atoms with van der Waals surface area (Å²) in [6, 6.07) is 24.0. The molecule has 4 aromatic carbocycles. The van der Waals surface area contributed by atoms with Gasteiger partial charge in [-0.25, -0.2) is 0 Å². The quantitative estimate of drug-likeness (QED) is 0.251. The van der Waals surface area contributed by atoms with Gasteiger partial charge in [-0.2, -0.15) is 0 Å². The van der Waals surface area contributed by atoms with Gasteiger partial charge in [0, 0.05) is 12.2 Å². The topological polar surface area (TPSA) is 12.0 Å². The molecule has 0 unspecified atom stereocenters.